The zero-order valence-electron chi connectivity index (χ0n) is 15.2. The van der Waals surface area contributed by atoms with Gasteiger partial charge in [0.15, 0.2) is 0 Å². The number of rotatable bonds is 8. The van der Waals surface area contributed by atoms with Crippen molar-refractivity contribution in [2.45, 2.75) is 57.7 Å². The van der Waals surface area contributed by atoms with Crippen LogP contribution in [0.3, 0.4) is 0 Å². The van der Waals surface area contributed by atoms with Gasteiger partial charge in [-0.2, -0.15) is 5.26 Å². The lowest BCUT2D eigenvalue weighted by Gasteiger charge is -2.33. The molecular weight excluding hydrogens is 314 g/mol. The largest absolute Gasteiger partial charge is 0.395 e. The number of aliphatic hydroxyl groups excluding tert-OH is 1. The Kier molecular flexibility index (Phi) is 6.98. The third-order valence-electron chi connectivity index (χ3n) is 5.05. The number of nitriles is 1. The molecule has 1 atom stereocenters. The number of carbonyl (C=O) groups is 1. The number of aliphatic hydroxyl groups is 1. The third kappa shape index (κ3) is 5.29. The fourth-order valence-electron chi connectivity index (χ4n) is 3.59. The quantitative estimate of drug-likeness (QED) is 0.760. The molecule has 136 valence electrons. The summed E-state index contributed by atoms with van der Waals surface area (Å²) in [4.78, 5) is 14.6. The molecule has 0 spiro atoms. The number of benzene rings is 1. The summed E-state index contributed by atoms with van der Waals surface area (Å²) in [6.45, 7) is 4.87. The molecule has 1 unspecified atom stereocenters. The van der Waals surface area contributed by atoms with Crippen LogP contribution in [0.15, 0.2) is 30.3 Å². The first-order chi connectivity index (χ1) is 12.0. The Labute approximate surface area is 150 Å². The van der Waals surface area contributed by atoms with E-state index in [0.29, 0.717) is 6.54 Å². The molecule has 5 heteroatoms. The molecule has 1 aliphatic rings. The number of hydrogen-bond donors (Lipinski definition) is 2. The topological polar surface area (TPSA) is 76.4 Å². The minimum atomic E-state index is -0.706. The SMILES string of the molecule is CC(C)C(CO)N(CC(=O)NC1(C#N)CCCC1)Cc1ccccc1. The molecule has 25 heavy (non-hydrogen) atoms. The number of nitrogens with zero attached hydrogens (tertiary/aromatic N) is 2. The summed E-state index contributed by atoms with van der Waals surface area (Å²) in [6.07, 6.45) is 3.41. The first-order valence-corrected chi connectivity index (χ1v) is 9.11. The van der Waals surface area contributed by atoms with Crippen molar-refractivity contribution in [1.82, 2.24) is 10.2 Å². The molecule has 1 aromatic rings. The van der Waals surface area contributed by atoms with Crippen LogP contribution in [-0.2, 0) is 11.3 Å². The molecule has 0 radical (unpaired) electrons. The van der Waals surface area contributed by atoms with E-state index in [1.807, 2.05) is 49.1 Å². The Morgan fingerprint density at radius 1 is 1.32 bits per heavy atom. The highest BCUT2D eigenvalue weighted by molar-refractivity contribution is 5.79. The van der Waals surface area contributed by atoms with E-state index in [2.05, 4.69) is 11.4 Å². The van der Waals surface area contributed by atoms with Crippen LogP contribution in [0.5, 0.6) is 0 Å². The number of amides is 1. The Balaban J connectivity index is 2.09. The van der Waals surface area contributed by atoms with E-state index in [-0.39, 0.29) is 31.0 Å². The fourth-order valence-corrected chi connectivity index (χ4v) is 3.59. The summed E-state index contributed by atoms with van der Waals surface area (Å²) < 4.78 is 0. The minimum absolute atomic E-state index is 0.00116. The fraction of sp³-hybridized carbons (Fsp3) is 0.600. The van der Waals surface area contributed by atoms with Gasteiger partial charge in [0.25, 0.3) is 0 Å². The normalized spacial score (nSPS) is 17.4. The van der Waals surface area contributed by atoms with Crippen molar-refractivity contribution in [2.75, 3.05) is 13.2 Å². The first kappa shape index (κ1) is 19.4. The molecule has 0 saturated heterocycles. The van der Waals surface area contributed by atoms with E-state index in [1.54, 1.807) is 0 Å². The van der Waals surface area contributed by atoms with Crippen molar-refractivity contribution in [1.29, 1.82) is 5.26 Å². The van der Waals surface area contributed by atoms with Crippen LogP contribution in [-0.4, -0.2) is 40.6 Å². The predicted octanol–water partition coefficient (Wildman–Crippen LogP) is 2.46. The zero-order chi connectivity index (χ0) is 18.3. The number of hydrogen-bond acceptors (Lipinski definition) is 4. The molecule has 1 fully saturated rings. The van der Waals surface area contributed by atoms with Gasteiger partial charge < -0.3 is 10.4 Å². The number of nitrogens with one attached hydrogen (secondary N) is 1. The molecule has 0 aliphatic heterocycles. The Bertz CT molecular complexity index is 589. The summed E-state index contributed by atoms with van der Waals surface area (Å²) in [7, 11) is 0. The first-order valence-electron chi connectivity index (χ1n) is 9.11. The van der Waals surface area contributed by atoms with Crippen molar-refractivity contribution in [2.24, 2.45) is 5.92 Å². The van der Waals surface area contributed by atoms with E-state index in [4.69, 9.17) is 0 Å². The van der Waals surface area contributed by atoms with Crippen LogP contribution < -0.4 is 5.32 Å². The highest BCUT2D eigenvalue weighted by Gasteiger charge is 2.36. The highest BCUT2D eigenvalue weighted by Crippen LogP contribution is 2.28. The Morgan fingerprint density at radius 2 is 1.96 bits per heavy atom. The maximum Gasteiger partial charge on any atom is 0.235 e. The Morgan fingerprint density at radius 3 is 2.48 bits per heavy atom. The summed E-state index contributed by atoms with van der Waals surface area (Å²) in [6, 6.07) is 12.1. The van der Waals surface area contributed by atoms with Gasteiger partial charge in [0.1, 0.15) is 5.54 Å². The molecule has 1 aromatic carbocycles. The van der Waals surface area contributed by atoms with Gasteiger partial charge in [-0.15, -0.1) is 0 Å². The lowest BCUT2D eigenvalue weighted by Crippen LogP contribution is -2.52. The lowest BCUT2D eigenvalue weighted by molar-refractivity contribution is -0.124. The highest BCUT2D eigenvalue weighted by atomic mass is 16.3. The molecule has 0 aromatic heterocycles. The van der Waals surface area contributed by atoms with E-state index in [0.717, 1.165) is 31.2 Å². The molecule has 0 heterocycles. The van der Waals surface area contributed by atoms with Gasteiger partial charge in [-0.1, -0.05) is 44.2 Å². The minimum Gasteiger partial charge on any atom is -0.395 e. The van der Waals surface area contributed by atoms with Gasteiger partial charge in [0, 0.05) is 12.6 Å². The molecule has 5 nitrogen and oxygen atoms in total. The second kappa shape index (κ2) is 8.98. The summed E-state index contributed by atoms with van der Waals surface area (Å²) in [5, 5.41) is 22.2. The zero-order valence-corrected chi connectivity index (χ0v) is 15.2. The molecular formula is C20H29N3O2. The summed E-state index contributed by atoms with van der Waals surface area (Å²) in [5.41, 5.74) is 0.396. The van der Waals surface area contributed by atoms with Crippen LogP contribution in [0.1, 0.15) is 45.1 Å². The second-order valence-electron chi connectivity index (χ2n) is 7.33. The van der Waals surface area contributed by atoms with E-state index < -0.39 is 5.54 Å². The summed E-state index contributed by atoms with van der Waals surface area (Å²) >= 11 is 0. The van der Waals surface area contributed by atoms with Gasteiger partial charge in [-0.05, 0) is 37.2 Å². The molecule has 1 aliphatic carbocycles. The summed E-state index contributed by atoms with van der Waals surface area (Å²) in [5.74, 6) is 0.0800. The van der Waals surface area contributed by atoms with Crippen LogP contribution in [0.4, 0.5) is 0 Å². The van der Waals surface area contributed by atoms with Crippen LogP contribution >= 0.6 is 0 Å². The second-order valence-corrected chi connectivity index (χ2v) is 7.33. The van der Waals surface area contributed by atoms with Crippen molar-refractivity contribution in [3.05, 3.63) is 35.9 Å². The van der Waals surface area contributed by atoms with Crippen LogP contribution in [0.25, 0.3) is 0 Å². The average Bonchev–Trinajstić information content (AvgIpc) is 3.05. The molecule has 0 bridgehead atoms. The molecule has 2 rings (SSSR count). The van der Waals surface area contributed by atoms with Crippen molar-refractivity contribution >= 4 is 5.91 Å². The van der Waals surface area contributed by atoms with Crippen molar-refractivity contribution in [3.8, 4) is 6.07 Å². The maximum absolute atomic E-state index is 12.6. The van der Waals surface area contributed by atoms with Gasteiger partial charge >= 0.3 is 0 Å². The molecule has 2 N–H and O–H groups in total. The molecule has 1 saturated carbocycles. The maximum atomic E-state index is 12.6. The monoisotopic (exact) mass is 343 g/mol. The van der Waals surface area contributed by atoms with Gasteiger partial charge in [0.05, 0.1) is 19.2 Å². The van der Waals surface area contributed by atoms with Gasteiger partial charge in [0.2, 0.25) is 5.91 Å². The lowest BCUT2D eigenvalue weighted by atomic mass is 9.99. The average molecular weight is 343 g/mol. The van der Waals surface area contributed by atoms with E-state index in [9.17, 15) is 15.2 Å². The van der Waals surface area contributed by atoms with Crippen LogP contribution in [0.2, 0.25) is 0 Å². The van der Waals surface area contributed by atoms with Gasteiger partial charge in [-0.25, -0.2) is 0 Å². The molecule has 1 amide bonds. The van der Waals surface area contributed by atoms with E-state index >= 15 is 0 Å². The number of carbonyl (C=O) groups excluding carboxylic acids is 1. The third-order valence-corrected chi connectivity index (χ3v) is 5.05. The van der Waals surface area contributed by atoms with E-state index in [1.165, 1.54) is 0 Å². The van der Waals surface area contributed by atoms with Crippen LogP contribution in [0, 0.1) is 17.2 Å². The van der Waals surface area contributed by atoms with Gasteiger partial charge in [-0.3, -0.25) is 9.69 Å². The van der Waals surface area contributed by atoms with Crippen molar-refractivity contribution in [3.63, 3.8) is 0 Å². The standard InChI is InChI=1S/C20H29N3O2/c1-16(2)18(14-24)23(12-17-8-4-3-5-9-17)13-19(25)22-20(15-21)10-6-7-11-20/h3-5,8-9,16,18,24H,6-7,10-14H2,1-2H3,(H,22,25). The smallest absolute Gasteiger partial charge is 0.235 e. The van der Waals surface area contributed by atoms with Crippen molar-refractivity contribution < 1.29 is 9.90 Å². The predicted molar refractivity (Wildman–Crippen MR) is 97.5 cm³/mol. The Hall–Kier alpha value is -1.90.